The first kappa shape index (κ1) is 12.7. The predicted molar refractivity (Wildman–Crippen MR) is 67.4 cm³/mol. The Morgan fingerprint density at radius 2 is 2.33 bits per heavy atom. The number of thioether (sulfide) groups is 1. The third-order valence-electron chi connectivity index (χ3n) is 1.97. The molecule has 0 saturated carbocycles. The summed E-state index contributed by atoms with van der Waals surface area (Å²) in [5.74, 6) is 5.72. The summed E-state index contributed by atoms with van der Waals surface area (Å²) in [6, 6.07) is 0. The van der Waals surface area contributed by atoms with Crippen LogP contribution < -0.4 is 22.4 Å². The number of nitrogens with two attached hydrogens (primary N) is 1. The zero-order valence-corrected chi connectivity index (χ0v) is 10.8. The molecule has 0 aliphatic heterocycles. The van der Waals surface area contributed by atoms with Crippen molar-refractivity contribution in [2.24, 2.45) is 12.9 Å². The Bertz CT molecular complexity index is 660. The van der Waals surface area contributed by atoms with Gasteiger partial charge in [0, 0.05) is 24.3 Å². The maximum atomic E-state index is 11.1. The van der Waals surface area contributed by atoms with Crippen LogP contribution in [0.1, 0.15) is 5.69 Å². The Kier molecular flexibility index (Phi) is 3.74. The molecule has 0 aliphatic carbocycles. The zero-order valence-electron chi connectivity index (χ0n) is 9.21. The fraction of sp³-hybridized carbons (Fsp3) is 0.286. The molecule has 0 atom stereocenters. The number of nitrogens with zero attached hydrogens (tertiary/aromatic N) is 4. The first-order chi connectivity index (χ1) is 8.61. The lowest BCUT2D eigenvalue weighted by molar-refractivity contribution is 0.596. The van der Waals surface area contributed by atoms with Gasteiger partial charge in [0.05, 0.1) is 0 Å². The number of hydrazine groups is 1. The highest BCUT2D eigenvalue weighted by Crippen LogP contribution is 2.24. The molecule has 2 aromatic heterocycles. The number of aromatic amines is 1. The Hall–Kier alpha value is -1.72. The zero-order chi connectivity index (χ0) is 13.1. The minimum absolute atomic E-state index is 0.385. The van der Waals surface area contributed by atoms with Crippen molar-refractivity contribution in [1.29, 1.82) is 0 Å². The first-order valence-electron chi connectivity index (χ1n) is 4.70. The van der Waals surface area contributed by atoms with Gasteiger partial charge >= 0.3 is 11.1 Å². The van der Waals surface area contributed by atoms with Gasteiger partial charge in [-0.2, -0.15) is 4.98 Å². The van der Waals surface area contributed by atoms with Crippen molar-refractivity contribution in [3.8, 4) is 0 Å². The number of nitrogens with one attached hydrogen (secondary N) is 2. The van der Waals surface area contributed by atoms with E-state index in [0.717, 1.165) is 11.5 Å². The second-order valence-corrected chi connectivity index (χ2v) is 4.88. The van der Waals surface area contributed by atoms with Crippen LogP contribution in [0.4, 0.5) is 5.00 Å². The molecule has 96 valence electrons. The third-order valence-corrected chi connectivity index (χ3v) is 3.71. The van der Waals surface area contributed by atoms with Crippen LogP contribution >= 0.6 is 23.3 Å². The molecular weight excluding hydrogens is 278 g/mol. The Labute approximate surface area is 109 Å². The molecule has 2 heterocycles. The number of rotatable bonds is 4. The number of aryl methyl sites for hydroxylation is 1. The van der Waals surface area contributed by atoms with Gasteiger partial charge in [-0.3, -0.25) is 19.4 Å². The second kappa shape index (κ2) is 5.29. The van der Waals surface area contributed by atoms with Crippen LogP contribution in [0.2, 0.25) is 0 Å². The van der Waals surface area contributed by atoms with Crippen molar-refractivity contribution in [3.63, 3.8) is 0 Å². The highest BCUT2D eigenvalue weighted by atomic mass is 32.2. The molecule has 2 aromatic rings. The average molecular weight is 287 g/mol. The second-order valence-electron chi connectivity index (χ2n) is 3.18. The van der Waals surface area contributed by atoms with Crippen molar-refractivity contribution in [2.45, 2.75) is 10.9 Å². The monoisotopic (exact) mass is 287 g/mol. The number of hydrogen-bond acceptors (Lipinski definition) is 9. The van der Waals surface area contributed by atoms with Crippen LogP contribution in [0.25, 0.3) is 0 Å². The number of nitrogen functional groups attached to an aromatic ring is 1. The van der Waals surface area contributed by atoms with E-state index >= 15 is 0 Å². The van der Waals surface area contributed by atoms with E-state index in [1.54, 1.807) is 7.05 Å². The van der Waals surface area contributed by atoms with E-state index in [4.69, 9.17) is 5.84 Å². The topological polar surface area (TPSA) is 132 Å². The molecule has 0 saturated heterocycles. The standard InChI is InChI=1S/C7H9N7O2S2/c1-14-7(9-4(15)5(16)12-14)17-2-3-6(10-8)18-13-11-3/h10H,2,8H2,1H3,(H,12,16). The van der Waals surface area contributed by atoms with Crippen LogP contribution in [-0.4, -0.2) is 24.4 Å². The van der Waals surface area contributed by atoms with Crippen LogP contribution in [0.5, 0.6) is 0 Å². The molecule has 11 heteroatoms. The molecule has 0 radical (unpaired) electrons. The van der Waals surface area contributed by atoms with Crippen LogP contribution in [0.15, 0.2) is 14.7 Å². The molecule has 4 N–H and O–H groups in total. The van der Waals surface area contributed by atoms with Gasteiger partial charge in [0.15, 0.2) is 5.16 Å². The van der Waals surface area contributed by atoms with Gasteiger partial charge in [-0.05, 0) is 0 Å². The van der Waals surface area contributed by atoms with Crippen LogP contribution in [0.3, 0.4) is 0 Å². The molecule has 0 amide bonds. The highest BCUT2D eigenvalue weighted by Gasteiger charge is 2.10. The summed E-state index contributed by atoms with van der Waals surface area (Å²) in [5.41, 5.74) is 1.58. The molecule has 0 bridgehead atoms. The summed E-state index contributed by atoms with van der Waals surface area (Å²) in [7, 11) is 1.59. The van der Waals surface area contributed by atoms with Gasteiger partial charge in [0.2, 0.25) is 0 Å². The van der Waals surface area contributed by atoms with Crippen molar-refractivity contribution in [1.82, 2.24) is 24.4 Å². The van der Waals surface area contributed by atoms with E-state index in [-0.39, 0.29) is 0 Å². The fourth-order valence-electron chi connectivity index (χ4n) is 1.14. The highest BCUT2D eigenvalue weighted by molar-refractivity contribution is 7.98. The van der Waals surface area contributed by atoms with E-state index in [0.29, 0.717) is 21.6 Å². The third kappa shape index (κ3) is 2.57. The lowest BCUT2D eigenvalue weighted by atomic mass is 10.5. The van der Waals surface area contributed by atoms with E-state index < -0.39 is 11.1 Å². The van der Waals surface area contributed by atoms with Gasteiger partial charge < -0.3 is 5.43 Å². The molecule has 0 fully saturated rings. The lowest BCUT2D eigenvalue weighted by Gasteiger charge is -2.04. The van der Waals surface area contributed by atoms with Gasteiger partial charge in [0.25, 0.3) is 0 Å². The summed E-state index contributed by atoms with van der Waals surface area (Å²) in [6.07, 6.45) is 0. The molecule has 2 rings (SSSR count). The van der Waals surface area contributed by atoms with Crippen LogP contribution in [0, 0.1) is 0 Å². The SMILES string of the molecule is Cn1[nH]c(=O)c(=O)nc1SCc1nnsc1NN. The molecule has 9 nitrogen and oxygen atoms in total. The minimum Gasteiger partial charge on any atom is -0.313 e. The van der Waals surface area contributed by atoms with E-state index in [1.165, 1.54) is 16.4 Å². The number of anilines is 1. The number of aromatic nitrogens is 5. The van der Waals surface area contributed by atoms with Crippen LogP contribution in [-0.2, 0) is 12.8 Å². The molecular formula is C7H9N7O2S2. The van der Waals surface area contributed by atoms with E-state index in [1.807, 2.05) is 0 Å². The number of hydrogen-bond donors (Lipinski definition) is 3. The fourth-order valence-corrected chi connectivity index (χ4v) is 2.57. The Morgan fingerprint density at radius 3 is 3.06 bits per heavy atom. The van der Waals surface area contributed by atoms with Crippen molar-refractivity contribution >= 4 is 28.3 Å². The minimum atomic E-state index is -0.816. The van der Waals surface area contributed by atoms with Gasteiger partial charge in [0.1, 0.15) is 10.7 Å². The maximum absolute atomic E-state index is 11.1. The summed E-state index contributed by atoms with van der Waals surface area (Å²) in [6.45, 7) is 0. The number of H-pyrrole nitrogens is 1. The van der Waals surface area contributed by atoms with Gasteiger partial charge in [-0.1, -0.05) is 16.3 Å². The molecule has 0 unspecified atom stereocenters. The molecule has 0 spiro atoms. The van der Waals surface area contributed by atoms with Crippen molar-refractivity contribution in [3.05, 3.63) is 26.4 Å². The Morgan fingerprint density at radius 1 is 1.56 bits per heavy atom. The van der Waals surface area contributed by atoms with E-state index in [9.17, 15) is 9.59 Å². The average Bonchev–Trinajstić information content (AvgIpc) is 2.79. The molecule has 0 aliphatic rings. The summed E-state index contributed by atoms with van der Waals surface area (Å²) in [4.78, 5) is 25.8. The quantitative estimate of drug-likeness (QED) is 0.279. The smallest absolute Gasteiger partial charge is 0.313 e. The maximum Gasteiger partial charge on any atom is 0.339 e. The molecule has 0 aromatic carbocycles. The predicted octanol–water partition coefficient (Wildman–Crippen LogP) is -1.10. The van der Waals surface area contributed by atoms with Crippen molar-refractivity contribution in [2.75, 3.05) is 5.43 Å². The van der Waals surface area contributed by atoms with Gasteiger partial charge in [-0.25, -0.2) is 5.84 Å². The van der Waals surface area contributed by atoms with Crippen molar-refractivity contribution < 1.29 is 0 Å². The normalized spacial score (nSPS) is 10.6. The largest absolute Gasteiger partial charge is 0.339 e. The first-order valence-corrected chi connectivity index (χ1v) is 6.45. The summed E-state index contributed by atoms with van der Waals surface area (Å²) < 4.78 is 5.13. The van der Waals surface area contributed by atoms with E-state index in [2.05, 4.69) is 25.1 Å². The molecule has 18 heavy (non-hydrogen) atoms. The lowest BCUT2D eigenvalue weighted by Crippen LogP contribution is -2.33. The Balaban J connectivity index is 2.18. The van der Waals surface area contributed by atoms with Gasteiger partial charge in [-0.15, -0.1) is 5.10 Å². The summed E-state index contributed by atoms with van der Waals surface area (Å²) in [5, 5.41) is 7.28. The summed E-state index contributed by atoms with van der Waals surface area (Å²) >= 11 is 2.38.